The topological polar surface area (TPSA) is 38.7 Å². The van der Waals surface area contributed by atoms with Crippen LogP contribution in [0.1, 0.15) is 32.6 Å². The normalized spacial score (nSPS) is 33.3. The zero-order chi connectivity index (χ0) is 13.2. The highest BCUT2D eigenvalue weighted by atomic mass is 16.3. The van der Waals surface area contributed by atoms with Crippen molar-refractivity contribution in [3.8, 4) is 0 Å². The van der Waals surface area contributed by atoms with Gasteiger partial charge in [-0.3, -0.25) is 4.90 Å². The lowest BCUT2D eigenvalue weighted by atomic mass is 9.98. The van der Waals surface area contributed by atoms with Gasteiger partial charge < -0.3 is 15.3 Å². The average molecular weight is 255 g/mol. The molecule has 0 aliphatic carbocycles. The molecule has 2 bridgehead atoms. The van der Waals surface area contributed by atoms with Crippen LogP contribution in [0.2, 0.25) is 0 Å². The maximum atomic E-state index is 9.43. The molecule has 2 heterocycles. The molecule has 2 aliphatic rings. The first kappa shape index (κ1) is 14.3. The van der Waals surface area contributed by atoms with Gasteiger partial charge in [0.2, 0.25) is 0 Å². The van der Waals surface area contributed by atoms with Crippen molar-refractivity contribution < 1.29 is 5.11 Å². The highest BCUT2D eigenvalue weighted by Gasteiger charge is 2.34. The zero-order valence-electron chi connectivity index (χ0n) is 12.2. The fourth-order valence-electron chi connectivity index (χ4n) is 3.27. The molecule has 0 amide bonds. The molecule has 2 aliphatic heterocycles. The van der Waals surface area contributed by atoms with E-state index in [4.69, 9.17) is 0 Å². The van der Waals surface area contributed by atoms with Gasteiger partial charge in [-0.15, -0.1) is 0 Å². The van der Waals surface area contributed by atoms with Crippen molar-refractivity contribution >= 4 is 0 Å². The van der Waals surface area contributed by atoms with Gasteiger partial charge >= 0.3 is 0 Å². The molecule has 0 radical (unpaired) electrons. The molecule has 2 saturated heterocycles. The number of fused-ring (bicyclic) bond motifs is 2. The Kier molecular flexibility index (Phi) is 4.64. The van der Waals surface area contributed by atoms with Crippen molar-refractivity contribution in [2.45, 2.75) is 50.2 Å². The monoisotopic (exact) mass is 255 g/mol. The minimum absolute atomic E-state index is 0.128. The summed E-state index contributed by atoms with van der Waals surface area (Å²) in [5, 5.41) is 12.7. The Morgan fingerprint density at radius 1 is 1.28 bits per heavy atom. The molecular weight excluding hydrogens is 226 g/mol. The van der Waals surface area contributed by atoms with E-state index in [0.717, 1.165) is 25.0 Å². The number of likely N-dealkylation sites (N-methyl/N-ethyl adjacent to an activating group) is 2. The molecule has 0 aromatic heterocycles. The summed E-state index contributed by atoms with van der Waals surface area (Å²) >= 11 is 0. The van der Waals surface area contributed by atoms with Crippen LogP contribution in [-0.4, -0.2) is 72.9 Å². The van der Waals surface area contributed by atoms with Crippen molar-refractivity contribution in [1.29, 1.82) is 0 Å². The van der Waals surface area contributed by atoms with Crippen LogP contribution < -0.4 is 5.32 Å². The van der Waals surface area contributed by atoms with Crippen LogP contribution in [0.15, 0.2) is 0 Å². The summed E-state index contributed by atoms with van der Waals surface area (Å²) in [5.41, 5.74) is -0.128. The average Bonchev–Trinajstić information content (AvgIpc) is 2.62. The van der Waals surface area contributed by atoms with Gasteiger partial charge in [-0.2, -0.15) is 0 Å². The van der Waals surface area contributed by atoms with E-state index in [2.05, 4.69) is 29.1 Å². The summed E-state index contributed by atoms with van der Waals surface area (Å²) in [6.45, 7) is 5.83. The van der Waals surface area contributed by atoms with Gasteiger partial charge in [-0.1, -0.05) is 0 Å². The summed E-state index contributed by atoms with van der Waals surface area (Å²) in [7, 11) is 4.23. The third-order valence-electron chi connectivity index (χ3n) is 5.16. The SMILES string of the molecule is CNC(C)(CO)CCN1CCC2CCC(C1)N2C. The van der Waals surface area contributed by atoms with E-state index in [9.17, 15) is 5.11 Å². The Hall–Kier alpha value is -0.160. The molecule has 0 aromatic carbocycles. The van der Waals surface area contributed by atoms with E-state index < -0.39 is 0 Å². The van der Waals surface area contributed by atoms with Gasteiger partial charge in [0, 0.05) is 30.7 Å². The van der Waals surface area contributed by atoms with Crippen LogP contribution >= 0.6 is 0 Å². The highest BCUT2D eigenvalue weighted by molar-refractivity contribution is 4.92. The lowest BCUT2D eigenvalue weighted by Gasteiger charge is -2.31. The molecule has 2 N–H and O–H groups in total. The Balaban J connectivity index is 1.84. The van der Waals surface area contributed by atoms with Crippen LogP contribution in [0, 0.1) is 0 Å². The zero-order valence-corrected chi connectivity index (χ0v) is 12.2. The molecule has 3 unspecified atom stereocenters. The van der Waals surface area contributed by atoms with E-state index in [1.54, 1.807) is 0 Å². The fourth-order valence-corrected chi connectivity index (χ4v) is 3.27. The second-order valence-electron chi connectivity index (χ2n) is 6.36. The molecule has 4 nitrogen and oxygen atoms in total. The number of likely N-dealkylation sites (tertiary alicyclic amines) is 1. The van der Waals surface area contributed by atoms with Gasteiger partial charge in [0.1, 0.15) is 0 Å². The van der Waals surface area contributed by atoms with Crippen LogP contribution in [-0.2, 0) is 0 Å². The van der Waals surface area contributed by atoms with Gasteiger partial charge in [0.05, 0.1) is 6.61 Å². The van der Waals surface area contributed by atoms with Gasteiger partial charge in [-0.25, -0.2) is 0 Å². The Labute approximate surface area is 111 Å². The van der Waals surface area contributed by atoms with Gasteiger partial charge in [0.15, 0.2) is 0 Å². The summed E-state index contributed by atoms with van der Waals surface area (Å²) < 4.78 is 0. The first-order valence-corrected chi connectivity index (χ1v) is 7.32. The minimum atomic E-state index is -0.128. The lowest BCUT2D eigenvalue weighted by Crippen LogP contribution is -2.47. The van der Waals surface area contributed by atoms with Crippen LogP contribution in [0.3, 0.4) is 0 Å². The summed E-state index contributed by atoms with van der Waals surface area (Å²) in [6.07, 6.45) is 5.07. The maximum absolute atomic E-state index is 9.43. The largest absolute Gasteiger partial charge is 0.394 e. The Morgan fingerprint density at radius 2 is 2.00 bits per heavy atom. The van der Waals surface area contributed by atoms with Crippen molar-refractivity contribution in [3.63, 3.8) is 0 Å². The van der Waals surface area contributed by atoms with Crippen LogP contribution in [0.5, 0.6) is 0 Å². The van der Waals surface area contributed by atoms with E-state index in [1.165, 1.54) is 32.4 Å². The van der Waals surface area contributed by atoms with E-state index in [-0.39, 0.29) is 12.1 Å². The number of aliphatic hydroxyl groups excluding tert-OH is 1. The number of nitrogens with one attached hydrogen (secondary N) is 1. The number of hydrogen-bond acceptors (Lipinski definition) is 4. The molecule has 4 heteroatoms. The minimum Gasteiger partial charge on any atom is -0.394 e. The van der Waals surface area contributed by atoms with Crippen LogP contribution in [0.25, 0.3) is 0 Å². The maximum Gasteiger partial charge on any atom is 0.0610 e. The Morgan fingerprint density at radius 3 is 2.67 bits per heavy atom. The Bertz CT molecular complexity index is 268. The molecule has 0 aromatic rings. The van der Waals surface area contributed by atoms with E-state index in [1.807, 2.05) is 7.05 Å². The molecule has 18 heavy (non-hydrogen) atoms. The van der Waals surface area contributed by atoms with E-state index >= 15 is 0 Å². The summed E-state index contributed by atoms with van der Waals surface area (Å²) in [5.74, 6) is 0. The van der Waals surface area contributed by atoms with Crippen molar-refractivity contribution in [3.05, 3.63) is 0 Å². The molecule has 0 spiro atoms. The summed E-state index contributed by atoms with van der Waals surface area (Å²) in [4.78, 5) is 5.18. The smallest absolute Gasteiger partial charge is 0.0610 e. The molecule has 2 fully saturated rings. The van der Waals surface area contributed by atoms with Gasteiger partial charge in [-0.05, 0) is 53.2 Å². The molecule has 0 saturated carbocycles. The first-order valence-electron chi connectivity index (χ1n) is 7.32. The van der Waals surface area contributed by atoms with Gasteiger partial charge in [0.25, 0.3) is 0 Å². The highest BCUT2D eigenvalue weighted by Crippen LogP contribution is 2.28. The van der Waals surface area contributed by atoms with Crippen molar-refractivity contribution in [2.24, 2.45) is 0 Å². The lowest BCUT2D eigenvalue weighted by molar-refractivity contribution is 0.147. The second kappa shape index (κ2) is 5.87. The number of rotatable bonds is 5. The predicted molar refractivity (Wildman–Crippen MR) is 74.8 cm³/mol. The quantitative estimate of drug-likeness (QED) is 0.751. The molecule has 106 valence electrons. The van der Waals surface area contributed by atoms with Crippen LogP contribution in [0.4, 0.5) is 0 Å². The standard InChI is InChI=1S/C14H29N3O/c1-14(11-18,15-2)7-9-17-8-6-12-4-5-13(10-17)16(12)3/h12-13,15,18H,4-11H2,1-3H3. The third-order valence-corrected chi connectivity index (χ3v) is 5.16. The molecule has 3 atom stereocenters. The predicted octanol–water partition coefficient (Wildman–Crippen LogP) is 0.515. The molecule has 2 rings (SSSR count). The number of nitrogens with zero attached hydrogens (tertiary/aromatic N) is 2. The first-order chi connectivity index (χ1) is 8.58. The second-order valence-corrected chi connectivity index (χ2v) is 6.36. The number of hydrogen-bond donors (Lipinski definition) is 2. The summed E-state index contributed by atoms with van der Waals surface area (Å²) in [6, 6.07) is 1.57. The number of aliphatic hydroxyl groups is 1. The molecular formula is C14H29N3O. The van der Waals surface area contributed by atoms with Crippen molar-refractivity contribution in [1.82, 2.24) is 15.1 Å². The van der Waals surface area contributed by atoms with Crippen molar-refractivity contribution in [2.75, 3.05) is 40.3 Å². The van der Waals surface area contributed by atoms with E-state index in [0.29, 0.717) is 0 Å². The fraction of sp³-hybridized carbons (Fsp3) is 1.00. The third kappa shape index (κ3) is 3.05.